The molecule has 1 fully saturated rings. The normalized spacial score (nSPS) is 26.5. The van der Waals surface area contributed by atoms with Crippen molar-refractivity contribution < 1.29 is 4.79 Å². The Balaban J connectivity index is 1.75. The summed E-state index contributed by atoms with van der Waals surface area (Å²) in [7, 11) is 0. The van der Waals surface area contributed by atoms with E-state index >= 15 is 0 Å². The van der Waals surface area contributed by atoms with Gasteiger partial charge in [0, 0.05) is 46.9 Å². The van der Waals surface area contributed by atoms with Gasteiger partial charge in [0.1, 0.15) is 5.78 Å². The molecule has 0 saturated heterocycles. The molecule has 2 N–H and O–H groups in total. The predicted octanol–water partition coefficient (Wildman–Crippen LogP) is 5.53. The highest BCUT2D eigenvalue weighted by molar-refractivity contribution is 6.31. The van der Waals surface area contributed by atoms with Gasteiger partial charge in [-0.2, -0.15) is 0 Å². The van der Waals surface area contributed by atoms with E-state index in [9.17, 15) is 4.79 Å². The Labute approximate surface area is 170 Å². The van der Waals surface area contributed by atoms with Crippen molar-refractivity contribution in [3.63, 3.8) is 0 Å². The van der Waals surface area contributed by atoms with Gasteiger partial charge in [0.15, 0.2) is 0 Å². The van der Waals surface area contributed by atoms with Gasteiger partial charge in [0.25, 0.3) is 0 Å². The monoisotopic (exact) mass is 392 g/mol. The highest BCUT2D eigenvalue weighted by Crippen LogP contribution is 2.51. The molecule has 3 aromatic rings. The molecule has 1 aliphatic carbocycles. The van der Waals surface area contributed by atoms with Crippen LogP contribution in [0.3, 0.4) is 0 Å². The van der Waals surface area contributed by atoms with Crippen LogP contribution in [0.5, 0.6) is 0 Å². The largest absolute Gasteiger partial charge is 0.357 e. The second-order valence-electron chi connectivity index (χ2n) is 9.23. The van der Waals surface area contributed by atoms with E-state index in [1.807, 2.05) is 18.2 Å². The van der Waals surface area contributed by atoms with E-state index in [4.69, 9.17) is 11.6 Å². The zero-order chi connectivity index (χ0) is 19.5. The number of carbonyl (C=O) groups excluding carboxylic acids is 1. The minimum absolute atomic E-state index is 0.0197. The zero-order valence-electron chi connectivity index (χ0n) is 16.3. The fourth-order valence-electron chi connectivity index (χ4n) is 5.59. The van der Waals surface area contributed by atoms with Crippen molar-refractivity contribution in [2.45, 2.75) is 44.6 Å². The van der Waals surface area contributed by atoms with Gasteiger partial charge >= 0.3 is 0 Å². The molecule has 2 atom stereocenters. The molecule has 0 amide bonds. The fraction of sp³-hybridized carbons (Fsp3) is 0.375. The van der Waals surface area contributed by atoms with Crippen molar-refractivity contribution in [3.8, 4) is 0 Å². The summed E-state index contributed by atoms with van der Waals surface area (Å²) in [6, 6.07) is 16.6. The summed E-state index contributed by atoms with van der Waals surface area (Å²) < 4.78 is 0. The Morgan fingerprint density at radius 2 is 1.79 bits per heavy atom. The lowest BCUT2D eigenvalue weighted by atomic mass is 9.63. The summed E-state index contributed by atoms with van der Waals surface area (Å²) in [5, 5.41) is 5.83. The number of Topliss-reactive ketones (excluding diaryl/α,β-unsaturated/α-hetero) is 1. The van der Waals surface area contributed by atoms with Gasteiger partial charge < -0.3 is 10.3 Å². The zero-order valence-corrected chi connectivity index (χ0v) is 17.1. The molecule has 144 valence electrons. The van der Waals surface area contributed by atoms with E-state index in [0.29, 0.717) is 18.6 Å². The number of aromatic amines is 1. The second-order valence-corrected chi connectivity index (χ2v) is 9.64. The number of hydrogen-bond donors (Lipinski definition) is 2. The lowest BCUT2D eigenvalue weighted by molar-refractivity contribution is -0.126. The third-order valence-corrected chi connectivity index (χ3v) is 6.80. The molecular formula is C24H25ClN2O. The first-order valence-corrected chi connectivity index (χ1v) is 10.4. The molecule has 0 bridgehead atoms. The van der Waals surface area contributed by atoms with E-state index in [1.165, 1.54) is 16.6 Å². The lowest BCUT2D eigenvalue weighted by Gasteiger charge is -2.48. The van der Waals surface area contributed by atoms with Crippen LogP contribution in [-0.2, 0) is 10.3 Å². The summed E-state index contributed by atoms with van der Waals surface area (Å²) in [6.07, 6.45) is 2.15. The maximum atomic E-state index is 12.7. The van der Waals surface area contributed by atoms with Crippen molar-refractivity contribution >= 4 is 28.3 Å². The van der Waals surface area contributed by atoms with E-state index in [-0.39, 0.29) is 16.9 Å². The standard InChI is InChI=1S/C24H25ClN2O/c1-23(2)11-15(28)12-24(14-23)22-21(17-8-4-6-10-20(17)27-22)18(13-26-24)16-7-3-5-9-19(16)25/h3-10,18,26-27H,11-14H2,1-2H3/t18-,24-/m1/s1. The number of aromatic nitrogens is 1. The van der Waals surface area contributed by atoms with Crippen LogP contribution in [0, 0.1) is 5.41 Å². The molecule has 2 aliphatic rings. The van der Waals surface area contributed by atoms with Crippen LogP contribution < -0.4 is 5.32 Å². The molecule has 28 heavy (non-hydrogen) atoms. The van der Waals surface area contributed by atoms with Crippen LogP contribution in [-0.4, -0.2) is 17.3 Å². The maximum Gasteiger partial charge on any atom is 0.135 e. The Morgan fingerprint density at radius 1 is 1.04 bits per heavy atom. The van der Waals surface area contributed by atoms with E-state index in [2.05, 4.69) is 54.5 Å². The second kappa shape index (κ2) is 6.20. The van der Waals surface area contributed by atoms with Crippen molar-refractivity contribution in [1.82, 2.24) is 10.3 Å². The van der Waals surface area contributed by atoms with Crippen LogP contribution in [0.15, 0.2) is 48.5 Å². The Bertz CT molecular complexity index is 1080. The molecule has 1 aliphatic heterocycles. The number of nitrogens with one attached hydrogen (secondary N) is 2. The third kappa shape index (κ3) is 2.72. The van der Waals surface area contributed by atoms with Gasteiger partial charge in [0.2, 0.25) is 0 Å². The third-order valence-electron chi connectivity index (χ3n) is 6.45. The number of carbonyl (C=O) groups is 1. The van der Waals surface area contributed by atoms with E-state index in [1.54, 1.807) is 0 Å². The van der Waals surface area contributed by atoms with Crippen molar-refractivity contribution in [3.05, 3.63) is 70.4 Å². The van der Waals surface area contributed by atoms with Crippen molar-refractivity contribution in [2.24, 2.45) is 5.41 Å². The summed E-state index contributed by atoms with van der Waals surface area (Å²) in [5.41, 5.74) is 4.39. The minimum atomic E-state index is -0.328. The quantitative estimate of drug-likeness (QED) is 0.571. The smallest absolute Gasteiger partial charge is 0.135 e. The minimum Gasteiger partial charge on any atom is -0.357 e. The Kier molecular flexibility index (Phi) is 3.98. The number of ketones is 1. The van der Waals surface area contributed by atoms with Gasteiger partial charge in [-0.25, -0.2) is 0 Å². The van der Waals surface area contributed by atoms with Crippen molar-refractivity contribution in [2.75, 3.05) is 6.54 Å². The van der Waals surface area contributed by atoms with E-state index in [0.717, 1.165) is 29.1 Å². The fourth-order valence-corrected chi connectivity index (χ4v) is 5.86. The molecule has 4 heteroatoms. The molecule has 0 unspecified atom stereocenters. The molecule has 0 radical (unpaired) electrons. The highest BCUT2D eigenvalue weighted by Gasteiger charge is 2.50. The number of hydrogen-bond acceptors (Lipinski definition) is 2. The molecule has 2 heterocycles. The van der Waals surface area contributed by atoms with Crippen LogP contribution in [0.25, 0.3) is 10.9 Å². The summed E-state index contributed by atoms with van der Waals surface area (Å²) in [5.74, 6) is 0.496. The summed E-state index contributed by atoms with van der Waals surface area (Å²) in [6.45, 7) is 5.19. The molecule has 3 nitrogen and oxygen atoms in total. The SMILES string of the molecule is CC1(C)CC(=O)C[C@]2(C1)NC[C@H](c1ccccc1Cl)c1c2[nH]c2ccccc12. The first-order chi connectivity index (χ1) is 13.4. The van der Waals surface area contributed by atoms with Gasteiger partial charge in [-0.15, -0.1) is 0 Å². The summed E-state index contributed by atoms with van der Waals surface area (Å²) >= 11 is 6.60. The lowest BCUT2D eigenvalue weighted by Crippen LogP contribution is -2.55. The number of H-pyrrole nitrogens is 1. The van der Waals surface area contributed by atoms with Crippen LogP contribution >= 0.6 is 11.6 Å². The molecule has 5 rings (SSSR count). The topological polar surface area (TPSA) is 44.9 Å². The van der Waals surface area contributed by atoms with Crippen LogP contribution in [0.4, 0.5) is 0 Å². The number of halogens is 1. The molecular weight excluding hydrogens is 368 g/mol. The predicted molar refractivity (Wildman–Crippen MR) is 114 cm³/mol. The van der Waals surface area contributed by atoms with Crippen LogP contribution in [0.2, 0.25) is 5.02 Å². The molecule has 1 spiro atoms. The van der Waals surface area contributed by atoms with Gasteiger partial charge in [-0.05, 0) is 35.1 Å². The van der Waals surface area contributed by atoms with Crippen molar-refractivity contribution in [1.29, 1.82) is 0 Å². The average Bonchev–Trinajstić information content (AvgIpc) is 3.02. The molecule has 1 aromatic heterocycles. The highest BCUT2D eigenvalue weighted by atomic mass is 35.5. The number of para-hydroxylation sites is 1. The maximum absolute atomic E-state index is 12.7. The summed E-state index contributed by atoms with van der Waals surface area (Å²) in [4.78, 5) is 16.4. The Morgan fingerprint density at radius 3 is 2.57 bits per heavy atom. The molecule has 2 aromatic carbocycles. The number of rotatable bonds is 1. The van der Waals surface area contributed by atoms with Gasteiger partial charge in [-0.1, -0.05) is 61.8 Å². The molecule has 1 saturated carbocycles. The average molecular weight is 393 g/mol. The first kappa shape index (κ1) is 18.0. The van der Waals surface area contributed by atoms with Gasteiger partial charge in [-0.3, -0.25) is 4.79 Å². The number of benzene rings is 2. The Hall–Kier alpha value is -2.10. The van der Waals surface area contributed by atoms with E-state index < -0.39 is 0 Å². The first-order valence-electron chi connectivity index (χ1n) is 10.0. The van der Waals surface area contributed by atoms with Crippen LogP contribution in [0.1, 0.15) is 55.8 Å². The van der Waals surface area contributed by atoms with Gasteiger partial charge in [0.05, 0.1) is 5.54 Å². The number of fused-ring (bicyclic) bond motifs is 4.